The quantitative estimate of drug-likeness (QED) is 0.789. The number of carbonyl (C=O) groups is 1. The van der Waals surface area contributed by atoms with Crippen LogP contribution in [0, 0.1) is 28.6 Å². The van der Waals surface area contributed by atoms with Crippen molar-refractivity contribution in [3.05, 3.63) is 0 Å². The van der Waals surface area contributed by atoms with E-state index in [4.69, 9.17) is 5.26 Å². The van der Waals surface area contributed by atoms with E-state index < -0.39 is 5.97 Å². The summed E-state index contributed by atoms with van der Waals surface area (Å²) in [6, 6.07) is 2.22. The topological polar surface area (TPSA) is 73.1 Å². The van der Waals surface area contributed by atoms with E-state index in [1.54, 1.807) is 0 Å². The van der Waals surface area contributed by atoms with E-state index in [0.29, 0.717) is 6.42 Å². The molecule has 4 atom stereocenters. The third-order valence-electron chi connectivity index (χ3n) is 4.40. The van der Waals surface area contributed by atoms with Gasteiger partial charge in [-0.1, -0.05) is 20.8 Å². The lowest BCUT2D eigenvalue weighted by Crippen LogP contribution is -2.52. The number of carboxylic acids is 1. The molecule has 1 rings (SSSR count). The molecule has 0 saturated heterocycles. The molecule has 1 fully saturated rings. The zero-order valence-electron chi connectivity index (χ0n) is 11.0. The maximum atomic E-state index is 11.2. The largest absolute Gasteiger partial charge is 0.481 e. The van der Waals surface area contributed by atoms with Crippen LogP contribution in [0.1, 0.15) is 40.5 Å². The second-order valence-electron chi connectivity index (χ2n) is 5.70. The molecule has 0 bridgehead atoms. The fourth-order valence-corrected chi connectivity index (χ4v) is 2.83. The minimum atomic E-state index is -0.700. The van der Waals surface area contributed by atoms with Crippen LogP contribution in [0.3, 0.4) is 0 Å². The first-order chi connectivity index (χ1) is 7.80. The van der Waals surface area contributed by atoms with Crippen LogP contribution in [-0.2, 0) is 4.79 Å². The lowest BCUT2D eigenvalue weighted by Gasteiger charge is -2.46. The van der Waals surface area contributed by atoms with Crippen LogP contribution in [-0.4, -0.2) is 23.2 Å². The number of nitrogens with one attached hydrogen (secondary N) is 1. The average Bonchev–Trinajstić information content (AvgIpc) is 2.24. The van der Waals surface area contributed by atoms with Gasteiger partial charge in [0.15, 0.2) is 0 Å². The molecule has 17 heavy (non-hydrogen) atoms. The second-order valence-corrected chi connectivity index (χ2v) is 5.70. The van der Waals surface area contributed by atoms with E-state index in [1.165, 1.54) is 0 Å². The Morgan fingerprint density at radius 1 is 1.53 bits per heavy atom. The molecule has 1 saturated carbocycles. The van der Waals surface area contributed by atoms with Gasteiger partial charge >= 0.3 is 5.97 Å². The normalized spacial score (nSPS) is 33.7. The van der Waals surface area contributed by atoms with Crippen LogP contribution in [0.15, 0.2) is 0 Å². The van der Waals surface area contributed by atoms with Gasteiger partial charge in [0, 0.05) is 6.04 Å². The van der Waals surface area contributed by atoms with Crippen molar-refractivity contribution in [3.63, 3.8) is 0 Å². The van der Waals surface area contributed by atoms with Crippen molar-refractivity contribution in [3.8, 4) is 6.07 Å². The van der Waals surface area contributed by atoms with E-state index in [0.717, 1.165) is 6.42 Å². The Balaban J connectivity index is 2.79. The van der Waals surface area contributed by atoms with Gasteiger partial charge in [-0.2, -0.15) is 5.26 Å². The van der Waals surface area contributed by atoms with Gasteiger partial charge in [-0.15, -0.1) is 0 Å². The monoisotopic (exact) mass is 238 g/mol. The minimum Gasteiger partial charge on any atom is -0.481 e. The summed E-state index contributed by atoms with van der Waals surface area (Å²) in [4.78, 5) is 11.2. The molecule has 4 unspecified atom stereocenters. The van der Waals surface area contributed by atoms with E-state index in [1.807, 2.05) is 20.8 Å². The van der Waals surface area contributed by atoms with Crippen LogP contribution in [0.4, 0.5) is 0 Å². The van der Waals surface area contributed by atoms with Crippen molar-refractivity contribution in [1.82, 2.24) is 5.32 Å². The number of hydrogen-bond donors (Lipinski definition) is 2. The number of aliphatic carboxylic acids is 1. The van der Waals surface area contributed by atoms with Crippen molar-refractivity contribution in [2.75, 3.05) is 0 Å². The molecule has 0 spiro atoms. The molecule has 4 nitrogen and oxygen atoms in total. The summed E-state index contributed by atoms with van der Waals surface area (Å²) in [6.45, 7) is 7.95. The molecule has 0 radical (unpaired) electrons. The van der Waals surface area contributed by atoms with Crippen LogP contribution in [0.2, 0.25) is 0 Å². The molecule has 4 heteroatoms. The van der Waals surface area contributed by atoms with Gasteiger partial charge in [-0.25, -0.2) is 0 Å². The summed E-state index contributed by atoms with van der Waals surface area (Å²) >= 11 is 0. The molecule has 0 amide bonds. The Morgan fingerprint density at radius 2 is 2.12 bits per heavy atom. The standard InChI is InChI=1S/C13H22N2O2/c1-8(7-14)15-11-6-5-10(12(16)17)13(3,4)9(11)2/h8-11,15H,5-6H2,1-4H3,(H,16,17). The summed E-state index contributed by atoms with van der Waals surface area (Å²) in [5, 5.41) is 21.3. The number of carboxylic acid groups (broad SMARTS) is 1. The number of nitriles is 1. The highest BCUT2D eigenvalue weighted by molar-refractivity contribution is 5.71. The van der Waals surface area contributed by atoms with E-state index in [-0.39, 0.29) is 29.3 Å². The van der Waals surface area contributed by atoms with Crippen molar-refractivity contribution in [1.29, 1.82) is 5.26 Å². The third-order valence-corrected chi connectivity index (χ3v) is 4.40. The number of nitrogens with zero attached hydrogens (tertiary/aromatic N) is 1. The fraction of sp³-hybridized carbons (Fsp3) is 0.846. The molecular weight excluding hydrogens is 216 g/mol. The Bertz CT molecular complexity index is 333. The zero-order valence-corrected chi connectivity index (χ0v) is 11.0. The molecule has 96 valence electrons. The molecule has 0 aliphatic heterocycles. The smallest absolute Gasteiger partial charge is 0.307 e. The van der Waals surface area contributed by atoms with Crippen LogP contribution in [0.5, 0.6) is 0 Å². The van der Waals surface area contributed by atoms with Crippen LogP contribution in [0.25, 0.3) is 0 Å². The van der Waals surface area contributed by atoms with E-state index >= 15 is 0 Å². The molecule has 2 N–H and O–H groups in total. The van der Waals surface area contributed by atoms with Crippen molar-refractivity contribution in [2.24, 2.45) is 17.3 Å². The van der Waals surface area contributed by atoms with E-state index in [2.05, 4.69) is 18.3 Å². The molecule has 1 aliphatic rings. The third kappa shape index (κ3) is 2.78. The van der Waals surface area contributed by atoms with Gasteiger partial charge in [-0.05, 0) is 31.1 Å². The molecule has 0 aromatic heterocycles. The zero-order chi connectivity index (χ0) is 13.2. The van der Waals surface area contributed by atoms with Gasteiger partial charge < -0.3 is 5.11 Å². The Hall–Kier alpha value is -1.08. The maximum Gasteiger partial charge on any atom is 0.307 e. The van der Waals surface area contributed by atoms with Gasteiger partial charge in [0.1, 0.15) is 0 Å². The predicted octanol–water partition coefficient (Wildman–Crippen LogP) is 2.01. The molecule has 1 aliphatic carbocycles. The molecule has 0 aromatic carbocycles. The van der Waals surface area contributed by atoms with Crippen molar-refractivity contribution in [2.45, 2.75) is 52.6 Å². The number of hydrogen-bond acceptors (Lipinski definition) is 3. The van der Waals surface area contributed by atoms with Gasteiger partial charge in [0.25, 0.3) is 0 Å². The van der Waals surface area contributed by atoms with Gasteiger partial charge in [-0.3, -0.25) is 10.1 Å². The maximum absolute atomic E-state index is 11.2. The first kappa shape index (κ1) is 14.0. The van der Waals surface area contributed by atoms with Crippen LogP contribution >= 0.6 is 0 Å². The summed E-state index contributed by atoms with van der Waals surface area (Å²) in [7, 11) is 0. The molecule has 0 aromatic rings. The lowest BCUT2D eigenvalue weighted by molar-refractivity contribution is -0.150. The first-order valence-corrected chi connectivity index (χ1v) is 6.19. The summed E-state index contributed by atoms with van der Waals surface area (Å²) in [5.41, 5.74) is -0.239. The molecule has 0 heterocycles. The first-order valence-electron chi connectivity index (χ1n) is 6.19. The predicted molar refractivity (Wildman–Crippen MR) is 65.3 cm³/mol. The van der Waals surface area contributed by atoms with E-state index in [9.17, 15) is 9.90 Å². The van der Waals surface area contributed by atoms with Gasteiger partial charge in [0.2, 0.25) is 0 Å². The fourth-order valence-electron chi connectivity index (χ4n) is 2.83. The summed E-state index contributed by atoms with van der Waals surface area (Å²) in [6.07, 6.45) is 1.51. The Kier molecular flexibility index (Phi) is 4.16. The van der Waals surface area contributed by atoms with Gasteiger partial charge in [0.05, 0.1) is 18.0 Å². The van der Waals surface area contributed by atoms with Crippen molar-refractivity contribution < 1.29 is 9.90 Å². The Morgan fingerprint density at radius 3 is 2.59 bits per heavy atom. The number of rotatable bonds is 3. The second kappa shape index (κ2) is 5.05. The Labute approximate surface area is 103 Å². The summed E-state index contributed by atoms with van der Waals surface area (Å²) in [5.74, 6) is -0.741. The average molecular weight is 238 g/mol. The SMILES string of the molecule is CC(C#N)NC1CCC(C(=O)O)C(C)(C)C1C. The lowest BCUT2D eigenvalue weighted by atomic mass is 9.61. The molecular formula is C13H22N2O2. The van der Waals surface area contributed by atoms with Crippen molar-refractivity contribution >= 4 is 5.97 Å². The highest BCUT2D eigenvalue weighted by Crippen LogP contribution is 2.45. The summed E-state index contributed by atoms with van der Waals surface area (Å²) < 4.78 is 0. The van der Waals surface area contributed by atoms with Crippen LogP contribution < -0.4 is 5.32 Å². The highest BCUT2D eigenvalue weighted by Gasteiger charge is 2.46. The minimum absolute atomic E-state index is 0.181. The highest BCUT2D eigenvalue weighted by atomic mass is 16.4.